The SMILES string of the molecule is N#CC1(C(=O)NCc2ccccc2OC(F)(F)F)CCCC1. The minimum absolute atomic E-state index is 0.117. The van der Waals surface area contributed by atoms with Gasteiger partial charge in [0.05, 0.1) is 6.07 Å². The number of para-hydroxylation sites is 1. The third-order valence-electron chi connectivity index (χ3n) is 3.74. The molecule has 0 atom stereocenters. The Labute approximate surface area is 125 Å². The van der Waals surface area contributed by atoms with E-state index in [1.54, 1.807) is 6.07 Å². The largest absolute Gasteiger partial charge is 0.573 e. The highest BCUT2D eigenvalue weighted by molar-refractivity contribution is 5.85. The average molecular weight is 312 g/mol. The molecule has 1 fully saturated rings. The second-order valence-corrected chi connectivity index (χ2v) is 5.24. The van der Waals surface area contributed by atoms with Crippen molar-refractivity contribution in [3.05, 3.63) is 29.8 Å². The Bertz CT molecular complexity index is 587. The van der Waals surface area contributed by atoms with Gasteiger partial charge in [-0.2, -0.15) is 5.26 Å². The van der Waals surface area contributed by atoms with E-state index in [4.69, 9.17) is 0 Å². The van der Waals surface area contributed by atoms with Crippen LogP contribution >= 0.6 is 0 Å². The van der Waals surface area contributed by atoms with Gasteiger partial charge in [0.25, 0.3) is 0 Å². The molecule has 0 radical (unpaired) electrons. The lowest BCUT2D eigenvalue weighted by Crippen LogP contribution is -2.38. The van der Waals surface area contributed by atoms with Crippen LogP contribution in [0.25, 0.3) is 0 Å². The molecule has 4 nitrogen and oxygen atoms in total. The van der Waals surface area contributed by atoms with Gasteiger partial charge in [-0.15, -0.1) is 13.2 Å². The zero-order valence-electron chi connectivity index (χ0n) is 11.7. The van der Waals surface area contributed by atoms with Gasteiger partial charge in [-0.05, 0) is 18.9 Å². The van der Waals surface area contributed by atoms with Crippen molar-refractivity contribution in [3.63, 3.8) is 0 Å². The lowest BCUT2D eigenvalue weighted by Gasteiger charge is -2.20. The molecule has 1 saturated carbocycles. The van der Waals surface area contributed by atoms with Gasteiger partial charge in [0.2, 0.25) is 5.91 Å². The first kappa shape index (κ1) is 16.1. The highest BCUT2D eigenvalue weighted by Gasteiger charge is 2.41. The van der Waals surface area contributed by atoms with E-state index < -0.39 is 17.7 Å². The summed E-state index contributed by atoms with van der Waals surface area (Å²) in [6.07, 6.45) is -2.23. The van der Waals surface area contributed by atoms with E-state index in [1.807, 2.05) is 6.07 Å². The molecule has 0 aromatic heterocycles. The maximum absolute atomic E-state index is 12.3. The third-order valence-corrected chi connectivity index (χ3v) is 3.74. The normalized spacial score (nSPS) is 16.8. The fraction of sp³-hybridized carbons (Fsp3) is 0.467. The molecule has 1 N–H and O–H groups in total. The Kier molecular flexibility index (Phi) is 4.59. The molecule has 1 aliphatic carbocycles. The van der Waals surface area contributed by atoms with Gasteiger partial charge in [-0.3, -0.25) is 4.79 Å². The van der Waals surface area contributed by atoms with Gasteiger partial charge in [0, 0.05) is 12.1 Å². The summed E-state index contributed by atoms with van der Waals surface area (Å²) in [5, 5.41) is 11.8. The van der Waals surface area contributed by atoms with E-state index in [1.165, 1.54) is 18.2 Å². The van der Waals surface area contributed by atoms with Crippen LogP contribution in [0.3, 0.4) is 0 Å². The standard InChI is InChI=1S/C15H15F3N2O2/c16-15(17,18)22-12-6-2-1-5-11(12)9-20-13(21)14(10-19)7-3-4-8-14/h1-2,5-6H,3-4,7-9H2,(H,20,21). The molecule has 0 heterocycles. The van der Waals surface area contributed by atoms with E-state index in [0.29, 0.717) is 12.8 Å². The summed E-state index contributed by atoms with van der Waals surface area (Å²) < 4.78 is 40.9. The molecule has 2 rings (SSSR count). The molecule has 118 valence electrons. The molecule has 0 aliphatic heterocycles. The molecule has 0 bridgehead atoms. The van der Waals surface area contributed by atoms with Crippen LogP contribution in [-0.2, 0) is 11.3 Å². The summed E-state index contributed by atoms with van der Waals surface area (Å²) >= 11 is 0. The van der Waals surface area contributed by atoms with Crippen molar-refractivity contribution < 1.29 is 22.7 Å². The third kappa shape index (κ3) is 3.70. The lowest BCUT2D eigenvalue weighted by molar-refractivity contribution is -0.274. The molecule has 1 aromatic carbocycles. The van der Waals surface area contributed by atoms with Gasteiger partial charge in [0.1, 0.15) is 11.2 Å². The zero-order chi connectivity index (χ0) is 16.2. The van der Waals surface area contributed by atoms with Gasteiger partial charge in [0.15, 0.2) is 0 Å². The molecule has 1 amide bonds. The fourth-order valence-corrected chi connectivity index (χ4v) is 2.59. The van der Waals surface area contributed by atoms with Crippen molar-refractivity contribution in [1.29, 1.82) is 5.26 Å². The van der Waals surface area contributed by atoms with Crippen molar-refractivity contribution >= 4 is 5.91 Å². The number of rotatable bonds is 4. The number of alkyl halides is 3. The predicted molar refractivity (Wildman–Crippen MR) is 71.5 cm³/mol. The zero-order valence-corrected chi connectivity index (χ0v) is 11.7. The van der Waals surface area contributed by atoms with Crippen LogP contribution in [0.5, 0.6) is 5.75 Å². The van der Waals surface area contributed by atoms with Crippen LogP contribution in [0, 0.1) is 16.7 Å². The topological polar surface area (TPSA) is 62.1 Å². The van der Waals surface area contributed by atoms with Crippen molar-refractivity contribution in [3.8, 4) is 11.8 Å². The van der Waals surface area contributed by atoms with Crippen LogP contribution in [0.15, 0.2) is 24.3 Å². The summed E-state index contributed by atoms with van der Waals surface area (Å²) in [6.45, 7) is -0.117. The number of benzene rings is 1. The number of nitrogens with zero attached hydrogens (tertiary/aromatic N) is 1. The van der Waals surface area contributed by atoms with Crippen molar-refractivity contribution in [2.75, 3.05) is 0 Å². The highest BCUT2D eigenvalue weighted by Crippen LogP contribution is 2.37. The predicted octanol–water partition coefficient (Wildman–Crippen LogP) is 3.29. The Balaban J connectivity index is 2.06. The van der Waals surface area contributed by atoms with Gasteiger partial charge in [-0.25, -0.2) is 0 Å². The van der Waals surface area contributed by atoms with Crippen LogP contribution in [0.1, 0.15) is 31.2 Å². The maximum atomic E-state index is 12.3. The number of hydrogen-bond donors (Lipinski definition) is 1. The summed E-state index contributed by atoms with van der Waals surface area (Å²) in [7, 11) is 0. The highest BCUT2D eigenvalue weighted by atomic mass is 19.4. The minimum Gasteiger partial charge on any atom is -0.405 e. The molecule has 0 spiro atoms. The number of amides is 1. The quantitative estimate of drug-likeness (QED) is 0.928. The van der Waals surface area contributed by atoms with Crippen LogP contribution in [0.2, 0.25) is 0 Å². The minimum atomic E-state index is -4.79. The molecule has 0 unspecified atom stereocenters. The van der Waals surface area contributed by atoms with Crippen LogP contribution in [0.4, 0.5) is 13.2 Å². The van der Waals surface area contributed by atoms with Gasteiger partial charge >= 0.3 is 6.36 Å². The second kappa shape index (κ2) is 6.26. The van der Waals surface area contributed by atoms with Crippen LogP contribution < -0.4 is 10.1 Å². The van der Waals surface area contributed by atoms with E-state index in [2.05, 4.69) is 10.1 Å². The number of nitrogens with one attached hydrogen (secondary N) is 1. The molecular weight excluding hydrogens is 297 g/mol. The maximum Gasteiger partial charge on any atom is 0.573 e. The molecule has 0 saturated heterocycles. The van der Waals surface area contributed by atoms with Crippen molar-refractivity contribution in [2.24, 2.45) is 5.41 Å². The molecule has 1 aromatic rings. The molecular formula is C15H15F3N2O2. The number of carbonyl (C=O) groups excluding carboxylic acids is 1. The second-order valence-electron chi connectivity index (χ2n) is 5.24. The molecule has 1 aliphatic rings. The van der Waals surface area contributed by atoms with E-state index >= 15 is 0 Å². The average Bonchev–Trinajstić information content (AvgIpc) is 2.94. The fourth-order valence-electron chi connectivity index (χ4n) is 2.59. The van der Waals surface area contributed by atoms with Gasteiger partial charge < -0.3 is 10.1 Å². The summed E-state index contributed by atoms with van der Waals surface area (Å²) in [6, 6.07) is 7.64. The first-order valence-corrected chi connectivity index (χ1v) is 6.89. The van der Waals surface area contributed by atoms with E-state index in [9.17, 15) is 23.2 Å². The number of hydrogen-bond acceptors (Lipinski definition) is 3. The first-order valence-electron chi connectivity index (χ1n) is 6.89. The Morgan fingerprint density at radius 2 is 1.95 bits per heavy atom. The summed E-state index contributed by atoms with van der Waals surface area (Å²) in [5.41, 5.74) is -0.848. The summed E-state index contributed by atoms with van der Waals surface area (Å²) in [5.74, 6) is -0.790. The first-order chi connectivity index (χ1) is 10.4. The Morgan fingerprint density at radius 1 is 1.32 bits per heavy atom. The van der Waals surface area contributed by atoms with E-state index in [-0.39, 0.29) is 17.9 Å². The Morgan fingerprint density at radius 3 is 2.55 bits per heavy atom. The number of ether oxygens (including phenoxy) is 1. The molecule has 7 heteroatoms. The lowest BCUT2D eigenvalue weighted by atomic mass is 9.87. The van der Waals surface area contributed by atoms with Gasteiger partial charge in [-0.1, -0.05) is 31.0 Å². The number of halogens is 3. The van der Waals surface area contributed by atoms with E-state index in [0.717, 1.165) is 12.8 Å². The van der Waals surface area contributed by atoms with Crippen molar-refractivity contribution in [2.45, 2.75) is 38.6 Å². The smallest absolute Gasteiger partial charge is 0.405 e. The monoisotopic (exact) mass is 312 g/mol. The molecule has 22 heavy (non-hydrogen) atoms. The van der Waals surface area contributed by atoms with Crippen molar-refractivity contribution in [1.82, 2.24) is 5.32 Å². The summed E-state index contributed by atoms with van der Waals surface area (Å²) in [4.78, 5) is 12.2. The number of nitriles is 1. The Hall–Kier alpha value is -2.23. The number of carbonyl (C=O) groups is 1. The van der Waals surface area contributed by atoms with Crippen LogP contribution in [-0.4, -0.2) is 12.3 Å².